The van der Waals surface area contributed by atoms with E-state index in [-0.39, 0.29) is 17.2 Å². The number of amides is 1. The van der Waals surface area contributed by atoms with Crippen molar-refractivity contribution in [3.8, 4) is 17.0 Å². The fourth-order valence-electron chi connectivity index (χ4n) is 3.62. The Balaban J connectivity index is 1.43. The first-order valence-corrected chi connectivity index (χ1v) is 11.6. The van der Waals surface area contributed by atoms with Gasteiger partial charge in [-0.15, -0.1) is 0 Å². The van der Waals surface area contributed by atoms with E-state index in [1.165, 1.54) is 31.6 Å². The number of nitrogens with one attached hydrogen (secondary N) is 2. The molecule has 2 aromatic carbocycles. The van der Waals surface area contributed by atoms with Crippen molar-refractivity contribution in [2.75, 3.05) is 52.8 Å². The van der Waals surface area contributed by atoms with Crippen LogP contribution in [-0.2, 0) is 4.74 Å². The predicted molar refractivity (Wildman–Crippen MR) is 136 cm³/mol. The molecule has 37 heavy (non-hydrogen) atoms. The molecule has 0 atom stereocenters. The SMILES string of the molecule is COc1ccc(-c2cnc3c(Nc4ccc(C(=O)NCCOCCN(C)C)cc4)nccn23)c(F)c1F. The highest BCUT2D eigenvalue weighted by atomic mass is 19.2. The van der Waals surface area contributed by atoms with Crippen molar-refractivity contribution in [1.82, 2.24) is 24.6 Å². The van der Waals surface area contributed by atoms with E-state index in [1.807, 2.05) is 19.0 Å². The molecule has 0 aliphatic heterocycles. The third kappa shape index (κ3) is 6.01. The third-order valence-electron chi connectivity index (χ3n) is 5.60. The van der Waals surface area contributed by atoms with E-state index < -0.39 is 11.6 Å². The Labute approximate surface area is 213 Å². The van der Waals surface area contributed by atoms with Crippen LogP contribution in [0, 0.1) is 11.6 Å². The van der Waals surface area contributed by atoms with Crippen LogP contribution in [0.4, 0.5) is 20.3 Å². The second kappa shape index (κ2) is 11.8. The van der Waals surface area contributed by atoms with E-state index in [2.05, 4.69) is 20.6 Å². The smallest absolute Gasteiger partial charge is 0.251 e. The van der Waals surface area contributed by atoms with E-state index in [0.29, 0.717) is 48.2 Å². The molecular formula is C26H28F2N6O3. The van der Waals surface area contributed by atoms with Crippen molar-refractivity contribution < 1.29 is 23.0 Å². The second-order valence-electron chi connectivity index (χ2n) is 8.43. The molecule has 2 N–H and O–H groups in total. The quantitative estimate of drug-likeness (QED) is 0.297. The Hall–Kier alpha value is -4.09. The number of anilines is 2. The molecule has 0 unspecified atom stereocenters. The van der Waals surface area contributed by atoms with Gasteiger partial charge in [0.1, 0.15) is 0 Å². The van der Waals surface area contributed by atoms with Crippen LogP contribution < -0.4 is 15.4 Å². The van der Waals surface area contributed by atoms with Gasteiger partial charge in [0.05, 0.1) is 32.2 Å². The standard InChI is InChI=1S/C26H28F2N6O3/c1-33(2)13-15-37-14-11-30-26(35)17-4-6-18(7-5-17)32-24-25-31-16-20(34(25)12-10-29-24)19-8-9-21(36-3)23(28)22(19)27/h4-10,12,16H,11,13-15H2,1-3H3,(H,29,32)(H,30,35). The summed E-state index contributed by atoms with van der Waals surface area (Å²) in [5.74, 6) is -2.06. The normalized spacial score (nSPS) is 11.2. The van der Waals surface area contributed by atoms with Crippen molar-refractivity contribution in [1.29, 1.82) is 0 Å². The summed E-state index contributed by atoms with van der Waals surface area (Å²) in [6.07, 6.45) is 4.59. The predicted octanol–water partition coefficient (Wildman–Crippen LogP) is 3.73. The molecule has 9 nitrogen and oxygen atoms in total. The van der Waals surface area contributed by atoms with Gasteiger partial charge in [0, 0.05) is 42.3 Å². The number of hydrogen-bond donors (Lipinski definition) is 2. The average Bonchev–Trinajstić information content (AvgIpc) is 3.33. The third-order valence-corrected chi connectivity index (χ3v) is 5.60. The fraction of sp³-hybridized carbons (Fsp3) is 0.269. The maximum absolute atomic E-state index is 14.7. The second-order valence-corrected chi connectivity index (χ2v) is 8.43. The molecule has 0 radical (unpaired) electrons. The van der Waals surface area contributed by atoms with Crippen LogP contribution in [0.2, 0.25) is 0 Å². The van der Waals surface area contributed by atoms with Gasteiger partial charge in [0.15, 0.2) is 23.0 Å². The zero-order chi connectivity index (χ0) is 26.4. The summed E-state index contributed by atoms with van der Waals surface area (Å²) >= 11 is 0. The van der Waals surface area contributed by atoms with Crippen molar-refractivity contribution in [2.45, 2.75) is 0 Å². The van der Waals surface area contributed by atoms with Crippen molar-refractivity contribution in [2.24, 2.45) is 0 Å². The van der Waals surface area contributed by atoms with Crippen LogP contribution in [0.15, 0.2) is 55.0 Å². The number of imidazole rings is 1. The zero-order valence-corrected chi connectivity index (χ0v) is 20.8. The number of benzene rings is 2. The number of carbonyl (C=O) groups is 1. The van der Waals surface area contributed by atoms with Crippen molar-refractivity contribution in [3.05, 3.63) is 72.2 Å². The first-order chi connectivity index (χ1) is 17.9. The molecule has 0 aliphatic rings. The van der Waals surface area contributed by atoms with Crippen LogP contribution in [0.25, 0.3) is 16.9 Å². The summed E-state index contributed by atoms with van der Waals surface area (Å²) in [7, 11) is 5.22. The van der Waals surface area contributed by atoms with Crippen LogP contribution in [-0.4, -0.2) is 72.7 Å². The van der Waals surface area contributed by atoms with Crippen molar-refractivity contribution in [3.63, 3.8) is 0 Å². The summed E-state index contributed by atoms with van der Waals surface area (Å²) in [6, 6.07) is 9.68. The number of likely N-dealkylation sites (N-methyl/N-ethyl adjacent to an activating group) is 1. The number of ether oxygens (including phenoxy) is 2. The number of halogens is 2. The molecule has 4 aromatic rings. The lowest BCUT2D eigenvalue weighted by Crippen LogP contribution is -2.28. The van der Waals surface area contributed by atoms with Gasteiger partial charge in [-0.3, -0.25) is 9.20 Å². The minimum Gasteiger partial charge on any atom is -0.494 e. The van der Waals surface area contributed by atoms with Crippen LogP contribution in [0.3, 0.4) is 0 Å². The molecule has 2 aromatic heterocycles. The zero-order valence-electron chi connectivity index (χ0n) is 20.8. The van der Waals surface area contributed by atoms with Gasteiger partial charge in [-0.25, -0.2) is 14.4 Å². The van der Waals surface area contributed by atoms with Gasteiger partial charge in [0.25, 0.3) is 5.91 Å². The largest absolute Gasteiger partial charge is 0.494 e. The van der Waals surface area contributed by atoms with Crippen molar-refractivity contribution >= 4 is 23.1 Å². The number of aromatic nitrogens is 3. The molecule has 194 valence electrons. The van der Waals surface area contributed by atoms with Gasteiger partial charge in [0.2, 0.25) is 5.82 Å². The molecule has 4 rings (SSSR count). The molecular weight excluding hydrogens is 482 g/mol. The minimum atomic E-state index is -1.07. The highest BCUT2D eigenvalue weighted by Gasteiger charge is 2.19. The first kappa shape index (κ1) is 26.0. The molecule has 0 aliphatic carbocycles. The number of hydrogen-bond acceptors (Lipinski definition) is 7. The number of rotatable bonds is 11. The molecule has 0 spiro atoms. The first-order valence-electron chi connectivity index (χ1n) is 11.6. The Bertz CT molecular complexity index is 1380. The van der Waals surface area contributed by atoms with E-state index in [0.717, 1.165) is 6.54 Å². The van der Waals surface area contributed by atoms with E-state index in [4.69, 9.17) is 9.47 Å². The van der Waals surface area contributed by atoms with Crippen LogP contribution >= 0.6 is 0 Å². The summed E-state index contributed by atoms with van der Waals surface area (Å²) in [5, 5.41) is 5.99. The number of nitrogens with zero attached hydrogens (tertiary/aromatic N) is 4. The summed E-state index contributed by atoms with van der Waals surface area (Å²) in [6.45, 7) is 2.28. The summed E-state index contributed by atoms with van der Waals surface area (Å²) < 4.78 is 40.9. The lowest BCUT2D eigenvalue weighted by molar-refractivity contribution is 0.0900. The van der Waals surface area contributed by atoms with Crippen LogP contribution in [0.1, 0.15) is 10.4 Å². The summed E-state index contributed by atoms with van der Waals surface area (Å²) in [5.41, 5.74) is 2.00. The Morgan fingerprint density at radius 1 is 1.05 bits per heavy atom. The highest BCUT2D eigenvalue weighted by Crippen LogP contribution is 2.31. The van der Waals surface area contributed by atoms with Gasteiger partial charge < -0.3 is 25.0 Å². The molecule has 0 saturated carbocycles. The van der Waals surface area contributed by atoms with Gasteiger partial charge in [-0.2, -0.15) is 4.39 Å². The maximum Gasteiger partial charge on any atom is 0.251 e. The van der Waals surface area contributed by atoms with E-state index >= 15 is 0 Å². The van der Waals surface area contributed by atoms with E-state index in [9.17, 15) is 13.6 Å². The van der Waals surface area contributed by atoms with E-state index in [1.54, 1.807) is 34.9 Å². The minimum absolute atomic E-state index is 0.0430. The fourth-order valence-corrected chi connectivity index (χ4v) is 3.62. The van der Waals surface area contributed by atoms with Crippen LogP contribution in [0.5, 0.6) is 5.75 Å². The highest BCUT2D eigenvalue weighted by molar-refractivity contribution is 5.94. The Morgan fingerprint density at radius 3 is 2.57 bits per heavy atom. The molecule has 0 fully saturated rings. The molecule has 0 bridgehead atoms. The van der Waals surface area contributed by atoms with Gasteiger partial charge >= 0.3 is 0 Å². The summed E-state index contributed by atoms with van der Waals surface area (Å²) in [4.78, 5) is 23.1. The van der Waals surface area contributed by atoms with Gasteiger partial charge in [-0.05, 0) is 50.5 Å². The monoisotopic (exact) mass is 510 g/mol. The molecule has 0 saturated heterocycles. The number of carbonyl (C=O) groups excluding carboxylic acids is 1. The number of fused-ring (bicyclic) bond motifs is 1. The molecule has 11 heteroatoms. The van der Waals surface area contributed by atoms with Gasteiger partial charge in [-0.1, -0.05) is 0 Å². The lowest BCUT2D eigenvalue weighted by Gasteiger charge is -2.11. The maximum atomic E-state index is 14.7. The Morgan fingerprint density at radius 2 is 1.84 bits per heavy atom. The lowest BCUT2D eigenvalue weighted by atomic mass is 10.1. The average molecular weight is 511 g/mol. The molecule has 1 amide bonds. The topological polar surface area (TPSA) is 93.0 Å². The number of methoxy groups -OCH3 is 1. The molecule has 2 heterocycles. The Kier molecular flexibility index (Phi) is 8.26.